The molecule has 0 radical (unpaired) electrons. The van der Waals surface area contributed by atoms with E-state index in [4.69, 9.17) is 0 Å². The number of nitriles is 1. The number of aromatic nitrogens is 3. The third-order valence-electron chi connectivity index (χ3n) is 3.50. The molecule has 2 aromatic heterocycles. The molecule has 98 valence electrons. The molecule has 6 heteroatoms. The van der Waals surface area contributed by atoms with Crippen molar-refractivity contribution in [3.8, 4) is 11.2 Å². The fraction of sp³-hybridized carbons (Fsp3) is 0.214. The fourth-order valence-electron chi connectivity index (χ4n) is 2.55. The lowest BCUT2D eigenvalue weighted by Gasteiger charge is -2.13. The number of nitrogens with zero attached hydrogens (tertiary/aromatic N) is 4. The quantitative estimate of drug-likeness (QED) is 0.741. The van der Waals surface area contributed by atoms with Crippen molar-refractivity contribution >= 4 is 21.6 Å². The summed E-state index contributed by atoms with van der Waals surface area (Å²) >= 11 is 1.61. The predicted octanol–water partition coefficient (Wildman–Crippen LogP) is 2.00. The van der Waals surface area contributed by atoms with Gasteiger partial charge in [0.1, 0.15) is 6.07 Å². The second kappa shape index (κ2) is 4.40. The minimum absolute atomic E-state index is 0.506. The van der Waals surface area contributed by atoms with Crippen LogP contribution in [0, 0.1) is 11.3 Å². The van der Waals surface area contributed by atoms with Crippen molar-refractivity contribution in [2.75, 3.05) is 6.54 Å². The molecule has 0 atom stereocenters. The molecule has 4 rings (SSSR count). The first kappa shape index (κ1) is 11.6. The normalized spacial score (nSPS) is 14.2. The predicted molar refractivity (Wildman–Crippen MR) is 76.9 cm³/mol. The Hall–Kier alpha value is -2.23. The summed E-state index contributed by atoms with van der Waals surface area (Å²) in [5.74, 6) is 0. The van der Waals surface area contributed by atoms with E-state index in [2.05, 4.69) is 27.5 Å². The molecule has 1 aromatic carbocycles. The van der Waals surface area contributed by atoms with Crippen LogP contribution < -0.4 is 5.32 Å². The van der Waals surface area contributed by atoms with E-state index in [1.165, 1.54) is 0 Å². The van der Waals surface area contributed by atoms with Crippen molar-refractivity contribution in [1.29, 1.82) is 5.26 Å². The zero-order valence-electron chi connectivity index (χ0n) is 10.6. The molecular weight excluding hydrogens is 270 g/mol. The first-order valence-electron chi connectivity index (χ1n) is 6.44. The minimum atomic E-state index is 0.506. The van der Waals surface area contributed by atoms with Gasteiger partial charge in [-0.3, -0.25) is 0 Å². The summed E-state index contributed by atoms with van der Waals surface area (Å²) < 4.78 is 2.98. The zero-order chi connectivity index (χ0) is 13.5. The van der Waals surface area contributed by atoms with Crippen molar-refractivity contribution in [2.24, 2.45) is 0 Å². The lowest BCUT2D eigenvalue weighted by Crippen LogP contribution is -2.24. The van der Waals surface area contributed by atoms with Gasteiger partial charge in [-0.15, -0.1) is 0 Å². The maximum absolute atomic E-state index is 9.22. The van der Waals surface area contributed by atoms with Gasteiger partial charge in [0.25, 0.3) is 0 Å². The van der Waals surface area contributed by atoms with Crippen LogP contribution in [0.3, 0.4) is 0 Å². The second-order valence-electron chi connectivity index (χ2n) is 4.69. The van der Waals surface area contributed by atoms with E-state index < -0.39 is 0 Å². The van der Waals surface area contributed by atoms with Crippen molar-refractivity contribution in [3.05, 3.63) is 41.2 Å². The van der Waals surface area contributed by atoms with E-state index in [1.54, 1.807) is 11.3 Å². The molecule has 0 saturated carbocycles. The summed E-state index contributed by atoms with van der Waals surface area (Å²) in [6.07, 6.45) is 0.875. The smallest absolute Gasteiger partial charge is 0.211 e. The van der Waals surface area contributed by atoms with Gasteiger partial charge in [-0.25, -0.2) is 9.67 Å². The Kier molecular flexibility index (Phi) is 2.55. The third kappa shape index (κ3) is 1.64. The van der Waals surface area contributed by atoms with Gasteiger partial charge in [-0.1, -0.05) is 23.5 Å². The molecule has 0 amide bonds. The van der Waals surface area contributed by atoms with Crippen LogP contribution in [0.4, 0.5) is 0 Å². The number of thiazole rings is 1. The molecule has 0 unspecified atom stereocenters. The maximum Gasteiger partial charge on any atom is 0.211 e. The molecule has 0 saturated heterocycles. The summed E-state index contributed by atoms with van der Waals surface area (Å²) in [6, 6.07) is 10.2. The van der Waals surface area contributed by atoms with Gasteiger partial charge in [-0.05, 0) is 12.1 Å². The lowest BCUT2D eigenvalue weighted by atomic mass is 10.1. The van der Waals surface area contributed by atoms with Gasteiger partial charge in [0, 0.05) is 25.1 Å². The van der Waals surface area contributed by atoms with E-state index >= 15 is 0 Å². The van der Waals surface area contributed by atoms with Gasteiger partial charge in [-0.2, -0.15) is 10.4 Å². The van der Waals surface area contributed by atoms with Gasteiger partial charge in [0.2, 0.25) is 5.13 Å². The Labute approximate surface area is 119 Å². The standard InChI is InChI=1S/C14H11N5S/c15-7-11-9-8-16-6-5-12(9)19(18-11)14-17-10-3-1-2-4-13(10)20-14/h1-4,16H,5-6,8H2. The SMILES string of the molecule is N#Cc1nn(-c2nc3ccccc3s2)c2c1CNCC2. The molecule has 3 heterocycles. The summed E-state index contributed by atoms with van der Waals surface area (Å²) in [7, 11) is 0. The van der Waals surface area contributed by atoms with Crippen LogP contribution in [0.1, 0.15) is 17.0 Å². The van der Waals surface area contributed by atoms with E-state index in [1.807, 2.05) is 22.9 Å². The van der Waals surface area contributed by atoms with Crippen LogP contribution >= 0.6 is 11.3 Å². The zero-order valence-corrected chi connectivity index (χ0v) is 11.4. The molecule has 0 fully saturated rings. The molecule has 0 bridgehead atoms. The molecule has 0 spiro atoms. The summed E-state index contributed by atoms with van der Waals surface area (Å²) in [5.41, 5.74) is 3.60. The molecule has 20 heavy (non-hydrogen) atoms. The average molecular weight is 281 g/mol. The van der Waals surface area contributed by atoms with Crippen molar-refractivity contribution < 1.29 is 0 Å². The number of para-hydroxylation sites is 1. The summed E-state index contributed by atoms with van der Waals surface area (Å²) in [6.45, 7) is 1.62. The first-order valence-corrected chi connectivity index (χ1v) is 7.26. The summed E-state index contributed by atoms with van der Waals surface area (Å²) in [4.78, 5) is 4.63. The van der Waals surface area contributed by atoms with Crippen molar-refractivity contribution in [2.45, 2.75) is 13.0 Å². The van der Waals surface area contributed by atoms with Gasteiger partial charge >= 0.3 is 0 Å². The average Bonchev–Trinajstić information content (AvgIpc) is 3.08. The molecule has 1 aliphatic rings. The molecular formula is C14H11N5S. The third-order valence-corrected chi connectivity index (χ3v) is 4.51. The van der Waals surface area contributed by atoms with Crippen LogP contribution in [0.5, 0.6) is 0 Å². The summed E-state index contributed by atoms with van der Waals surface area (Å²) in [5, 5.41) is 17.8. The molecule has 1 aliphatic heterocycles. The van der Waals surface area contributed by atoms with Gasteiger partial charge < -0.3 is 5.32 Å². The Morgan fingerprint density at radius 3 is 3.10 bits per heavy atom. The van der Waals surface area contributed by atoms with E-state index in [9.17, 15) is 5.26 Å². The molecule has 1 N–H and O–H groups in total. The van der Waals surface area contributed by atoms with E-state index in [0.29, 0.717) is 12.2 Å². The highest BCUT2D eigenvalue weighted by atomic mass is 32.1. The van der Waals surface area contributed by atoms with E-state index in [-0.39, 0.29) is 0 Å². The Morgan fingerprint density at radius 2 is 2.25 bits per heavy atom. The lowest BCUT2D eigenvalue weighted by molar-refractivity contribution is 0.622. The topological polar surface area (TPSA) is 66.5 Å². The largest absolute Gasteiger partial charge is 0.312 e. The fourth-order valence-corrected chi connectivity index (χ4v) is 3.49. The van der Waals surface area contributed by atoms with Crippen LogP contribution in [0.25, 0.3) is 15.3 Å². The molecule has 5 nitrogen and oxygen atoms in total. The van der Waals surface area contributed by atoms with E-state index in [0.717, 1.165) is 39.6 Å². The number of nitrogens with one attached hydrogen (secondary N) is 1. The molecule has 0 aliphatic carbocycles. The number of hydrogen-bond acceptors (Lipinski definition) is 5. The Morgan fingerprint density at radius 1 is 1.35 bits per heavy atom. The highest BCUT2D eigenvalue weighted by Crippen LogP contribution is 2.28. The Bertz CT molecular complexity index is 806. The van der Waals surface area contributed by atoms with Crippen molar-refractivity contribution in [1.82, 2.24) is 20.1 Å². The number of benzene rings is 1. The van der Waals surface area contributed by atoms with Gasteiger partial charge in [0.15, 0.2) is 5.69 Å². The van der Waals surface area contributed by atoms with Crippen LogP contribution in [0.2, 0.25) is 0 Å². The second-order valence-corrected chi connectivity index (χ2v) is 5.70. The number of rotatable bonds is 1. The Balaban J connectivity index is 1.94. The first-order chi connectivity index (χ1) is 9.86. The van der Waals surface area contributed by atoms with Crippen LogP contribution in [-0.2, 0) is 13.0 Å². The monoisotopic (exact) mass is 281 g/mol. The number of fused-ring (bicyclic) bond motifs is 2. The van der Waals surface area contributed by atoms with Crippen LogP contribution in [-0.4, -0.2) is 21.3 Å². The van der Waals surface area contributed by atoms with Crippen LogP contribution in [0.15, 0.2) is 24.3 Å². The maximum atomic E-state index is 9.22. The highest BCUT2D eigenvalue weighted by molar-refractivity contribution is 7.20. The number of hydrogen-bond donors (Lipinski definition) is 1. The van der Waals surface area contributed by atoms with Crippen molar-refractivity contribution in [3.63, 3.8) is 0 Å². The van der Waals surface area contributed by atoms with Gasteiger partial charge in [0.05, 0.1) is 15.9 Å². The highest BCUT2D eigenvalue weighted by Gasteiger charge is 2.22. The minimum Gasteiger partial charge on any atom is -0.312 e. The molecule has 3 aromatic rings.